The molecule has 2 N–H and O–H groups in total. The fraction of sp³-hybridized carbons (Fsp3) is 0.105. The van der Waals surface area contributed by atoms with Gasteiger partial charge in [0.15, 0.2) is 5.11 Å². The Kier molecular flexibility index (Phi) is 6.28. The molecule has 0 fully saturated rings. The summed E-state index contributed by atoms with van der Waals surface area (Å²) in [7, 11) is 0. The van der Waals surface area contributed by atoms with E-state index >= 15 is 0 Å². The maximum absolute atomic E-state index is 12.7. The summed E-state index contributed by atoms with van der Waals surface area (Å²) in [4.78, 5) is 12.7. The van der Waals surface area contributed by atoms with E-state index in [4.69, 9.17) is 28.3 Å². The van der Waals surface area contributed by atoms with Crippen LogP contribution in [0.4, 0.5) is 18.9 Å². The molecule has 0 atom stereocenters. The normalized spacial score (nSPS) is 11.1. The van der Waals surface area contributed by atoms with Crippen molar-refractivity contribution in [3.05, 3.63) is 64.9 Å². The summed E-state index contributed by atoms with van der Waals surface area (Å²) in [5.41, 5.74) is 1.27. The number of nitrogens with zero attached hydrogens (tertiary/aromatic N) is 1. The van der Waals surface area contributed by atoms with Gasteiger partial charge in [0.05, 0.1) is 5.02 Å². The van der Waals surface area contributed by atoms with Crippen LogP contribution >= 0.6 is 23.8 Å². The van der Waals surface area contributed by atoms with E-state index < -0.39 is 12.3 Å². The number of ether oxygens (including phenoxy) is 1. The van der Waals surface area contributed by atoms with Crippen molar-refractivity contribution in [3.8, 4) is 17.0 Å². The Morgan fingerprint density at radius 3 is 2.47 bits per heavy atom. The molecule has 6 nitrogen and oxygen atoms in total. The smallest absolute Gasteiger partial charge is 0.406 e. The van der Waals surface area contributed by atoms with Gasteiger partial charge in [0.2, 0.25) is 0 Å². The molecule has 0 bridgehead atoms. The largest absolute Gasteiger partial charge is 0.573 e. The topological polar surface area (TPSA) is 76.4 Å². The highest BCUT2D eigenvalue weighted by molar-refractivity contribution is 7.80. The number of benzene rings is 2. The summed E-state index contributed by atoms with van der Waals surface area (Å²) in [5.74, 6) is -0.704. The van der Waals surface area contributed by atoms with E-state index in [2.05, 4.69) is 20.5 Å². The third-order valence-electron chi connectivity index (χ3n) is 3.79. The summed E-state index contributed by atoms with van der Waals surface area (Å²) in [5, 5.41) is 9.41. The molecule has 3 aromatic rings. The van der Waals surface area contributed by atoms with Gasteiger partial charge in [-0.25, -0.2) is 0 Å². The number of hydrogen-bond acceptors (Lipinski definition) is 5. The fourth-order valence-electron chi connectivity index (χ4n) is 2.54. The summed E-state index contributed by atoms with van der Waals surface area (Å²) >= 11 is 11.3. The minimum Gasteiger partial charge on any atom is -0.406 e. The number of carbonyl (C=O) groups excluding carboxylic acids is 1. The number of alkyl halides is 3. The van der Waals surface area contributed by atoms with Crippen molar-refractivity contribution in [2.75, 3.05) is 5.32 Å². The van der Waals surface area contributed by atoms with Crippen LogP contribution in [-0.4, -0.2) is 22.5 Å². The summed E-state index contributed by atoms with van der Waals surface area (Å²) < 4.78 is 45.6. The maximum atomic E-state index is 12.7. The third-order valence-corrected chi connectivity index (χ3v) is 4.33. The first-order valence-corrected chi connectivity index (χ1v) is 9.12. The molecule has 0 saturated carbocycles. The Balaban J connectivity index is 1.71. The van der Waals surface area contributed by atoms with Crippen LogP contribution in [0, 0.1) is 6.92 Å². The Bertz CT molecular complexity index is 1080. The van der Waals surface area contributed by atoms with Gasteiger partial charge in [-0.05, 0) is 49.5 Å². The molecule has 156 valence electrons. The first kappa shape index (κ1) is 21.6. The maximum Gasteiger partial charge on any atom is 0.573 e. The molecule has 0 spiro atoms. The standard InChI is InChI=1S/C19H13ClF3N3O3S/c1-10-15(16(26-29-10)13-4-2-3-5-14(13)20)17(27)25-18(30)24-11-6-8-12(9-7-11)28-19(21,22)23/h2-9H,1H3,(H2,24,25,27,30). The zero-order valence-electron chi connectivity index (χ0n) is 15.2. The zero-order valence-corrected chi connectivity index (χ0v) is 16.8. The molecule has 1 heterocycles. The molecule has 2 aromatic carbocycles. The van der Waals surface area contributed by atoms with Crippen molar-refractivity contribution in [3.63, 3.8) is 0 Å². The molecule has 0 radical (unpaired) electrons. The number of thiocarbonyl (C=S) groups is 1. The lowest BCUT2D eigenvalue weighted by Gasteiger charge is -2.12. The molecule has 0 aliphatic rings. The second-order valence-electron chi connectivity index (χ2n) is 5.92. The zero-order chi connectivity index (χ0) is 21.9. The quantitative estimate of drug-likeness (QED) is 0.518. The van der Waals surface area contributed by atoms with E-state index in [1.165, 1.54) is 12.1 Å². The lowest BCUT2D eigenvalue weighted by atomic mass is 10.1. The van der Waals surface area contributed by atoms with Crippen molar-refractivity contribution >= 4 is 40.5 Å². The van der Waals surface area contributed by atoms with Gasteiger partial charge < -0.3 is 14.6 Å². The highest BCUT2D eigenvalue weighted by Crippen LogP contribution is 2.31. The number of halogens is 4. The molecule has 11 heteroatoms. The van der Waals surface area contributed by atoms with Gasteiger partial charge in [-0.15, -0.1) is 13.2 Å². The van der Waals surface area contributed by atoms with Crippen LogP contribution in [-0.2, 0) is 0 Å². The highest BCUT2D eigenvalue weighted by Gasteiger charge is 2.31. The van der Waals surface area contributed by atoms with E-state index in [0.717, 1.165) is 12.1 Å². The SMILES string of the molecule is Cc1onc(-c2ccccc2Cl)c1C(=O)NC(=S)Nc1ccc(OC(F)(F)F)cc1. The molecule has 0 unspecified atom stereocenters. The molecule has 0 saturated heterocycles. The second kappa shape index (κ2) is 8.72. The average Bonchev–Trinajstić information content (AvgIpc) is 3.04. The number of amides is 1. The first-order chi connectivity index (χ1) is 14.1. The van der Waals surface area contributed by atoms with Gasteiger partial charge in [0.1, 0.15) is 22.8 Å². The van der Waals surface area contributed by atoms with E-state index in [0.29, 0.717) is 16.3 Å². The number of carbonyl (C=O) groups is 1. The molecule has 1 amide bonds. The van der Waals surface area contributed by atoms with Crippen molar-refractivity contribution in [1.29, 1.82) is 0 Å². The van der Waals surface area contributed by atoms with Crippen molar-refractivity contribution < 1.29 is 27.2 Å². The number of rotatable bonds is 4. The van der Waals surface area contributed by atoms with E-state index in [9.17, 15) is 18.0 Å². The van der Waals surface area contributed by atoms with Gasteiger partial charge in [-0.3, -0.25) is 10.1 Å². The Labute approximate surface area is 179 Å². The van der Waals surface area contributed by atoms with Gasteiger partial charge in [-0.2, -0.15) is 0 Å². The third kappa shape index (κ3) is 5.28. The fourth-order valence-corrected chi connectivity index (χ4v) is 2.98. The molecule has 0 aliphatic heterocycles. The van der Waals surface area contributed by atoms with Crippen molar-refractivity contribution in [1.82, 2.24) is 10.5 Å². The van der Waals surface area contributed by atoms with E-state index in [1.807, 2.05) is 0 Å². The second-order valence-corrected chi connectivity index (χ2v) is 6.74. The molecule has 0 aliphatic carbocycles. The van der Waals surface area contributed by atoms with Crippen LogP contribution in [0.3, 0.4) is 0 Å². The number of aromatic nitrogens is 1. The Hall–Kier alpha value is -3.11. The minimum absolute atomic E-state index is 0.0739. The van der Waals surface area contributed by atoms with Crippen LogP contribution in [0.5, 0.6) is 5.75 Å². The predicted octanol–water partition coefficient (Wildman–Crippen LogP) is 5.33. The first-order valence-electron chi connectivity index (χ1n) is 8.33. The van der Waals surface area contributed by atoms with Crippen LogP contribution < -0.4 is 15.4 Å². The van der Waals surface area contributed by atoms with Gasteiger partial charge in [0, 0.05) is 11.3 Å². The summed E-state index contributed by atoms with van der Waals surface area (Å²) in [6.07, 6.45) is -4.78. The number of nitrogens with one attached hydrogen (secondary N) is 2. The van der Waals surface area contributed by atoms with Crippen LogP contribution in [0.15, 0.2) is 53.1 Å². The van der Waals surface area contributed by atoms with Crippen LogP contribution in [0.1, 0.15) is 16.1 Å². The van der Waals surface area contributed by atoms with Gasteiger partial charge >= 0.3 is 6.36 Å². The number of aryl methyl sites for hydroxylation is 1. The molecule has 30 heavy (non-hydrogen) atoms. The molecule has 3 rings (SSSR count). The summed E-state index contributed by atoms with van der Waals surface area (Å²) in [6.45, 7) is 1.57. The Morgan fingerprint density at radius 1 is 1.17 bits per heavy atom. The lowest BCUT2D eigenvalue weighted by molar-refractivity contribution is -0.274. The highest BCUT2D eigenvalue weighted by atomic mass is 35.5. The monoisotopic (exact) mass is 455 g/mol. The minimum atomic E-state index is -4.78. The number of anilines is 1. The lowest BCUT2D eigenvalue weighted by Crippen LogP contribution is -2.34. The molecular formula is C19H13ClF3N3O3S. The molecular weight excluding hydrogens is 443 g/mol. The summed E-state index contributed by atoms with van der Waals surface area (Å²) in [6, 6.07) is 11.7. The van der Waals surface area contributed by atoms with E-state index in [-0.39, 0.29) is 27.9 Å². The van der Waals surface area contributed by atoms with Crippen LogP contribution in [0.2, 0.25) is 5.02 Å². The predicted molar refractivity (Wildman–Crippen MR) is 108 cm³/mol. The van der Waals surface area contributed by atoms with Gasteiger partial charge in [-0.1, -0.05) is 35.0 Å². The van der Waals surface area contributed by atoms with E-state index in [1.54, 1.807) is 31.2 Å². The van der Waals surface area contributed by atoms with Crippen LogP contribution in [0.25, 0.3) is 11.3 Å². The number of hydrogen-bond donors (Lipinski definition) is 2. The molecule has 1 aromatic heterocycles. The van der Waals surface area contributed by atoms with Crippen molar-refractivity contribution in [2.24, 2.45) is 0 Å². The Morgan fingerprint density at radius 2 is 1.83 bits per heavy atom. The van der Waals surface area contributed by atoms with Gasteiger partial charge in [0.25, 0.3) is 5.91 Å². The van der Waals surface area contributed by atoms with Crippen molar-refractivity contribution in [2.45, 2.75) is 13.3 Å². The average molecular weight is 456 g/mol.